The van der Waals surface area contributed by atoms with Crippen LogP contribution in [0, 0.1) is 0 Å². The van der Waals surface area contributed by atoms with E-state index in [1.54, 1.807) is 6.07 Å². The van der Waals surface area contributed by atoms with Crippen LogP contribution >= 0.6 is 11.6 Å². The van der Waals surface area contributed by atoms with Crippen molar-refractivity contribution in [2.75, 3.05) is 18.1 Å². The lowest BCUT2D eigenvalue weighted by molar-refractivity contribution is 0.0299. The molecule has 5 nitrogen and oxygen atoms in total. The van der Waals surface area contributed by atoms with E-state index in [0.717, 1.165) is 18.7 Å². The molecular weight excluding hydrogens is 278 g/mol. The maximum absolute atomic E-state index is 8.95. The molecule has 1 aliphatic rings. The van der Waals surface area contributed by atoms with Crippen LogP contribution < -0.4 is 10.6 Å². The van der Waals surface area contributed by atoms with Crippen molar-refractivity contribution in [2.24, 2.45) is 10.9 Å². The summed E-state index contributed by atoms with van der Waals surface area (Å²) >= 11 is 6.02. The zero-order valence-electron chi connectivity index (χ0n) is 11.7. The molecule has 6 heteroatoms. The van der Waals surface area contributed by atoms with Gasteiger partial charge in [0.05, 0.1) is 18.8 Å². The quantitative estimate of drug-likeness (QED) is 0.389. The van der Waals surface area contributed by atoms with E-state index in [-0.39, 0.29) is 18.0 Å². The van der Waals surface area contributed by atoms with Gasteiger partial charge in [0.25, 0.3) is 0 Å². The Morgan fingerprint density at radius 2 is 2.35 bits per heavy atom. The second-order valence-corrected chi connectivity index (χ2v) is 5.44. The predicted molar refractivity (Wildman–Crippen MR) is 80.8 cm³/mol. The van der Waals surface area contributed by atoms with Crippen LogP contribution in [-0.2, 0) is 4.74 Å². The van der Waals surface area contributed by atoms with E-state index in [1.807, 2.05) is 19.1 Å². The normalized spacial score (nSPS) is 23.9. The molecular formula is C14H20ClN3O2. The number of rotatable bonds is 3. The SMILES string of the molecule is CCC1COC(C)CN1c1ccc(Cl)cc1C(N)=NO. The van der Waals surface area contributed by atoms with E-state index in [9.17, 15) is 0 Å². The van der Waals surface area contributed by atoms with Crippen molar-refractivity contribution in [3.05, 3.63) is 28.8 Å². The van der Waals surface area contributed by atoms with E-state index in [0.29, 0.717) is 17.2 Å². The van der Waals surface area contributed by atoms with Crippen molar-refractivity contribution in [1.29, 1.82) is 0 Å². The second kappa shape index (κ2) is 6.33. The van der Waals surface area contributed by atoms with Gasteiger partial charge in [-0.2, -0.15) is 0 Å². The number of nitrogens with zero attached hydrogens (tertiary/aromatic N) is 2. The molecule has 2 unspecified atom stereocenters. The lowest BCUT2D eigenvalue weighted by Gasteiger charge is -2.40. The maximum Gasteiger partial charge on any atom is 0.172 e. The number of hydrogen-bond donors (Lipinski definition) is 2. The Hall–Kier alpha value is -1.46. The van der Waals surface area contributed by atoms with Crippen LogP contribution in [0.3, 0.4) is 0 Å². The predicted octanol–water partition coefficient (Wildman–Crippen LogP) is 2.44. The largest absolute Gasteiger partial charge is 0.409 e. The van der Waals surface area contributed by atoms with E-state index in [1.165, 1.54) is 0 Å². The standard InChI is InChI=1S/C14H20ClN3O2/c1-3-11-8-20-9(2)7-18(11)13-5-4-10(15)6-12(13)14(16)17-19/h4-6,9,11,19H,3,7-8H2,1-2H3,(H2,16,17). The van der Waals surface area contributed by atoms with Gasteiger partial charge in [0, 0.05) is 22.8 Å². The van der Waals surface area contributed by atoms with E-state index in [2.05, 4.69) is 17.0 Å². The summed E-state index contributed by atoms with van der Waals surface area (Å²) in [5, 5.41) is 12.6. The van der Waals surface area contributed by atoms with Gasteiger partial charge in [-0.3, -0.25) is 0 Å². The first kappa shape index (κ1) is 14.9. The lowest BCUT2D eigenvalue weighted by Crippen LogP contribution is -2.49. The maximum atomic E-state index is 8.95. The number of benzene rings is 1. The summed E-state index contributed by atoms with van der Waals surface area (Å²) in [6, 6.07) is 5.73. The molecule has 110 valence electrons. The molecule has 1 aromatic rings. The van der Waals surface area contributed by atoms with Crippen LogP contribution in [0.1, 0.15) is 25.8 Å². The Morgan fingerprint density at radius 1 is 1.60 bits per heavy atom. The number of morpholine rings is 1. The summed E-state index contributed by atoms with van der Waals surface area (Å²) in [5.41, 5.74) is 7.34. The first-order valence-corrected chi connectivity index (χ1v) is 7.10. The Kier molecular flexibility index (Phi) is 4.73. The molecule has 0 bridgehead atoms. The van der Waals surface area contributed by atoms with Gasteiger partial charge in [0.15, 0.2) is 5.84 Å². The van der Waals surface area contributed by atoms with E-state index >= 15 is 0 Å². The van der Waals surface area contributed by atoms with Gasteiger partial charge in [-0.15, -0.1) is 0 Å². The van der Waals surface area contributed by atoms with Crippen molar-refractivity contribution >= 4 is 23.1 Å². The van der Waals surface area contributed by atoms with Gasteiger partial charge in [-0.1, -0.05) is 23.7 Å². The molecule has 1 aliphatic heterocycles. The minimum Gasteiger partial charge on any atom is -0.409 e. The van der Waals surface area contributed by atoms with Crippen LogP contribution in [-0.4, -0.2) is 36.3 Å². The van der Waals surface area contributed by atoms with Crippen LogP contribution in [0.25, 0.3) is 0 Å². The number of oxime groups is 1. The topological polar surface area (TPSA) is 71.1 Å². The summed E-state index contributed by atoms with van der Waals surface area (Å²) in [4.78, 5) is 2.25. The average Bonchev–Trinajstić information content (AvgIpc) is 2.46. The number of halogens is 1. The molecule has 20 heavy (non-hydrogen) atoms. The Bertz CT molecular complexity index is 507. The molecule has 1 heterocycles. The summed E-state index contributed by atoms with van der Waals surface area (Å²) in [6.45, 7) is 5.61. The van der Waals surface area contributed by atoms with Gasteiger partial charge < -0.3 is 20.6 Å². The fraction of sp³-hybridized carbons (Fsp3) is 0.500. The van der Waals surface area contributed by atoms with Gasteiger partial charge >= 0.3 is 0 Å². The highest BCUT2D eigenvalue weighted by molar-refractivity contribution is 6.31. The van der Waals surface area contributed by atoms with Crippen LogP contribution in [0.5, 0.6) is 0 Å². The minimum atomic E-state index is 0.0662. The number of ether oxygens (including phenoxy) is 1. The zero-order valence-corrected chi connectivity index (χ0v) is 12.5. The fourth-order valence-electron chi connectivity index (χ4n) is 2.50. The number of nitrogens with two attached hydrogens (primary N) is 1. The van der Waals surface area contributed by atoms with Crippen LogP contribution in [0.15, 0.2) is 23.4 Å². The first-order valence-electron chi connectivity index (χ1n) is 6.72. The van der Waals surface area contributed by atoms with Crippen LogP contribution in [0.2, 0.25) is 5.02 Å². The monoisotopic (exact) mass is 297 g/mol. The fourth-order valence-corrected chi connectivity index (χ4v) is 2.67. The lowest BCUT2D eigenvalue weighted by atomic mass is 10.1. The molecule has 3 N–H and O–H groups in total. The van der Waals surface area contributed by atoms with E-state index < -0.39 is 0 Å². The molecule has 2 atom stereocenters. The number of hydrogen-bond acceptors (Lipinski definition) is 4. The molecule has 1 aromatic carbocycles. The third-order valence-electron chi connectivity index (χ3n) is 3.59. The minimum absolute atomic E-state index is 0.0662. The van der Waals surface area contributed by atoms with Crippen LogP contribution in [0.4, 0.5) is 5.69 Å². The highest BCUT2D eigenvalue weighted by Crippen LogP contribution is 2.29. The van der Waals surface area contributed by atoms with Gasteiger partial charge in [0.2, 0.25) is 0 Å². The smallest absolute Gasteiger partial charge is 0.172 e. The molecule has 0 spiro atoms. The van der Waals surface area contributed by atoms with Gasteiger partial charge in [-0.05, 0) is 31.5 Å². The number of amidine groups is 1. The third-order valence-corrected chi connectivity index (χ3v) is 3.83. The third kappa shape index (κ3) is 2.99. The molecule has 0 aromatic heterocycles. The Balaban J connectivity index is 2.44. The molecule has 0 radical (unpaired) electrons. The van der Waals surface area contributed by atoms with Crippen molar-refractivity contribution in [3.63, 3.8) is 0 Å². The summed E-state index contributed by atoms with van der Waals surface area (Å²) in [6.07, 6.45) is 1.11. The van der Waals surface area contributed by atoms with Crippen molar-refractivity contribution in [3.8, 4) is 0 Å². The highest BCUT2D eigenvalue weighted by atomic mass is 35.5. The Labute approximate surface area is 124 Å². The molecule has 0 aliphatic carbocycles. The summed E-state index contributed by atoms with van der Waals surface area (Å²) in [7, 11) is 0. The molecule has 0 saturated carbocycles. The first-order chi connectivity index (χ1) is 9.56. The molecule has 1 saturated heterocycles. The average molecular weight is 298 g/mol. The van der Waals surface area contributed by atoms with Crippen molar-refractivity contribution in [1.82, 2.24) is 0 Å². The number of anilines is 1. The van der Waals surface area contributed by atoms with E-state index in [4.69, 9.17) is 27.3 Å². The Morgan fingerprint density at radius 3 is 3.00 bits per heavy atom. The molecule has 1 fully saturated rings. The molecule has 2 rings (SSSR count). The second-order valence-electron chi connectivity index (χ2n) is 5.01. The van der Waals surface area contributed by atoms with Crippen molar-refractivity contribution < 1.29 is 9.94 Å². The molecule has 0 amide bonds. The zero-order chi connectivity index (χ0) is 14.7. The van der Waals surface area contributed by atoms with Crippen molar-refractivity contribution in [2.45, 2.75) is 32.4 Å². The highest BCUT2D eigenvalue weighted by Gasteiger charge is 2.28. The summed E-state index contributed by atoms with van der Waals surface area (Å²) in [5.74, 6) is 0.0662. The van der Waals surface area contributed by atoms with Gasteiger partial charge in [0.1, 0.15) is 0 Å². The summed E-state index contributed by atoms with van der Waals surface area (Å²) < 4.78 is 5.70. The van der Waals surface area contributed by atoms with Gasteiger partial charge in [-0.25, -0.2) is 0 Å².